The van der Waals surface area contributed by atoms with Crippen molar-refractivity contribution in [2.24, 2.45) is 11.8 Å². The molecule has 1 N–H and O–H groups in total. The molecule has 1 saturated carbocycles. The number of fused-ring (bicyclic) bond motifs is 2. The predicted octanol–water partition coefficient (Wildman–Crippen LogP) is 0.792. The van der Waals surface area contributed by atoms with Crippen LogP contribution in [0.25, 0.3) is 0 Å². The largest absolute Gasteiger partial charge is 0.392 e. The van der Waals surface area contributed by atoms with Crippen molar-refractivity contribution in [1.82, 2.24) is 0 Å². The molecular weight excluding hydrogens is 128 g/mol. The second-order valence-electron chi connectivity index (χ2n) is 3.43. The number of aliphatic hydroxyl groups is 1. The molecule has 0 spiro atoms. The van der Waals surface area contributed by atoms with E-state index in [1.54, 1.807) is 0 Å². The van der Waals surface area contributed by atoms with Gasteiger partial charge in [0.05, 0.1) is 18.8 Å². The summed E-state index contributed by atoms with van der Waals surface area (Å²) in [4.78, 5) is 0. The van der Waals surface area contributed by atoms with Gasteiger partial charge in [-0.05, 0) is 12.8 Å². The first-order valence-electron chi connectivity index (χ1n) is 4.12. The standard InChI is InChI=1S/C8H14O2/c1-2-6-7-3-5(4-10-7)8(6)9/h5-9H,2-4H2,1H3. The maximum atomic E-state index is 9.60. The Labute approximate surface area is 61.2 Å². The Kier molecular flexibility index (Phi) is 1.46. The number of ether oxygens (including phenoxy) is 1. The fourth-order valence-corrected chi connectivity index (χ4v) is 2.29. The van der Waals surface area contributed by atoms with Crippen LogP contribution in [0, 0.1) is 11.8 Å². The topological polar surface area (TPSA) is 29.5 Å². The van der Waals surface area contributed by atoms with Gasteiger partial charge in [-0.25, -0.2) is 0 Å². The molecule has 2 aliphatic rings. The van der Waals surface area contributed by atoms with Crippen molar-refractivity contribution in [3.8, 4) is 0 Å². The SMILES string of the molecule is CCC1C2CC(CO2)C1O. The lowest BCUT2D eigenvalue weighted by molar-refractivity contribution is -0.0450. The molecule has 1 aliphatic carbocycles. The molecular formula is C8H14O2. The summed E-state index contributed by atoms with van der Waals surface area (Å²) in [6.45, 7) is 2.92. The second-order valence-corrected chi connectivity index (χ2v) is 3.43. The normalized spacial score (nSPS) is 52.2. The second kappa shape index (κ2) is 2.21. The smallest absolute Gasteiger partial charge is 0.0644 e. The third-order valence-electron chi connectivity index (χ3n) is 2.93. The summed E-state index contributed by atoms with van der Waals surface area (Å²) >= 11 is 0. The average molecular weight is 142 g/mol. The summed E-state index contributed by atoms with van der Waals surface area (Å²) in [7, 11) is 0. The molecule has 2 heteroatoms. The van der Waals surface area contributed by atoms with E-state index >= 15 is 0 Å². The third-order valence-corrected chi connectivity index (χ3v) is 2.93. The maximum absolute atomic E-state index is 9.60. The minimum Gasteiger partial charge on any atom is -0.392 e. The highest BCUT2D eigenvalue weighted by atomic mass is 16.5. The van der Waals surface area contributed by atoms with Gasteiger partial charge in [-0.2, -0.15) is 0 Å². The fraction of sp³-hybridized carbons (Fsp3) is 1.00. The van der Waals surface area contributed by atoms with E-state index in [1.807, 2.05) is 0 Å². The van der Waals surface area contributed by atoms with Crippen LogP contribution < -0.4 is 0 Å². The Hall–Kier alpha value is -0.0800. The van der Waals surface area contributed by atoms with E-state index in [4.69, 9.17) is 4.74 Å². The van der Waals surface area contributed by atoms with Crippen molar-refractivity contribution in [2.75, 3.05) is 6.61 Å². The van der Waals surface area contributed by atoms with Crippen molar-refractivity contribution in [3.05, 3.63) is 0 Å². The summed E-state index contributed by atoms with van der Waals surface area (Å²) in [5.41, 5.74) is 0. The van der Waals surface area contributed by atoms with E-state index in [-0.39, 0.29) is 6.10 Å². The molecule has 10 heavy (non-hydrogen) atoms. The molecule has 0 aromatic heterocycles. The number of aliphatic hydroxyl groups excluding tert-OH is 1. The van der Waals surface area contributed by atoms with E-state index in [0.717, 1.165) is 19.4 Å². The first kappa shape index (κ1) is 6.62. The Bertz CT molecular complexity index is 133. The summed E-state index contributed by atoms with van der Waals surface area (Å²) in [6, 6.07) is 0. The zero-order valence-electron chi connectivity index (χ0n) is 6.29. The Morgan fingerprint density at radius 1 is 1.60 bits per heavy atom. The fourth-order valence-electron chi connectivity index (χ4n) is 2.29. The zero-order valence-corrected chi connectivity index (χ0v) is 6.29. The van der Waals surface area contributed by atoms with Gasteiger partial charge in [0, 0.05) is 11.8 Å². The predicted molar refractivity (Wildman–Crippen MR) is 37.6 cm³/mol. The van der Waals surface area contributed by atoms with Gasteiger partial charge in [0.2, 0.25) is 0 Å². The number of rotatable bonds is 1. The van der Waals surface area contributed by atoms with Crippen LogP contribution in [0.2, 0.25) is 0 Å². The molecule has 58 valence electrons. The van der Waals surface area contributed by atoms with E-state index in [1.165, 1.54) is 0 Å². The summed E-state index contributed by atoms with van der Waals surface area (Å²) in [6.07, 6.45) is 2.47. The van der Waals surface area contributed by atoms with Crippen LogP contribution in [0.1, 0.15) is 19.8 Å². The maximum Gasteiger partial charge on any atom is 0.0644 e. The van der Waals surface area contributed by atoms with Crippen LogP contribution in [0.15, 0.2) is 0 Å². The minimum atomic E-state index is -0.0660. The molecule has 1 aliphatic heterocycles. The minimum absolute atomic E-state index is 0.0660. The van der Waals surface area contributed by atoms with Crippen LogP contribution in [-0.2, 0) is 4.74 Å². The number of hydrogen-bond donors (Lipinski definition) is 1. The van der Waals surface area contributed by atoms with Gasteiger partial charge in [-0.15, -0.1) is 0 Å². The van der Waals surface area contributed by atoms with E-state index in [2.05, 4.69) is 6.92 Å². The van der Waals surface area contributed by atoms with E-state index < -0.39 is 0 Å². The molecule has 1 heterocycles. The third kappa shape index (κ3) is 0.722. The molecule has 1 saturated heterocycles. The van der Waals surface area contributed by atoms with Crippen LogP contribution in [0.3, 0.4) is 0 Å². The molecule has 0 amide bonds. The Balaban J connectivity index is 2.10. The molecule has 2 rings (SSSR count). The van der Waals surface area contributed by atoms with Crippen molar-refractivity contribution in [2.45, 2.75) is 32.0 Å². The molecule has 4 unspecified atom stereocenters. The van der Waals surface area contributed by atoms with E-state index in [0.29, 0.717) is 17.9 Å². The lowest BCUT2D eigenvalue weighted by Crippen LogP contribution is -2.32. The molecule has 2 fully saturated rings. The molecule has 2 nitrogen and oxygen atoms in total. The van der Waals surface area contributed by atoms with Gasteiger partial charge in [0.25, 0.3) is 0 Å². The molecule has 0 radical (unpaired) electrons. The quantitative estimate of drug-likeness (QED) is 0.586. The molecule has 0 aromatic carbocycles. The highest BCUT2D eigenvalue weighted by molar-refractivity contribution is 4.95. The van der Waals surface area contributed by atoms with Crippen LogP contribution >= 0.6 is 0 Å². The van der Waals surface area contributed by atoms with E-state index in [9.17, 15) is 5.11 Å². The van der Waals surface area contributed by atoms with Gasteiger partial charge in [0.1, 0.15) is 0 Å². The first-order valence-corrected chi connectivity index (χ1v) is 4.12. The highest BCUT2D eigenvalue weighted by Crippen LogP contribution is 2.41. The Morgan fingerprint density at radius 2 is 2.40 bits per heavy atom. The summed E-state index contributed by atoms with van der Waals surface area (Å²) in [5.74, 6) is 0.883. The lowest BCUT2D eigenvalue weighted by atomic mass is 9.96. The highest BCUT2D eigenvalue weighted by Gasteiger charge is 2.46. The first-order chi connectivity index (χ1) is 4.83. The average Bonchev–Trinajstić information content (AvgIpc) is 2.46. The molecule has 0 aromatic rings. The van der Waals surface area contributed by atoms with Gasteiger partial charge >= 0.3 is 0 Å². The summed E-state index contributed by atoms with van der Waals surface area (Å²) in [5, 5.41) is 9.60. The summed E-state index contributed by atoms with van der Waals surface area (Å²) < 4.78 is 5.47. The monoisotopic (exact) mass is 142 g/mol. The Morgan fingerprint density at radius 3 is 2.80 bits per heavy atom. The van der Waals surface area contributed by atoms with Gasteiger partial charge < -0.3 is 9.84 Å². The molecule has 4 atom stereocenters. The zero-order chi connectivity index (χ0) is 7.14. The molecule has 2 bridgehead atoms. The van der Waals surface area contributed by atoms with Crippen molar-refractivity contribution >= 4 is 0 Å². The lowest BCUT2D eigenvalue weighted by Gasteiger charge is -2.25. The van der Waals surface area contributed by atoms with Crippen molar-refractivity contribution in [3.63, 3.8) is 0 Å². The van der Waals surface area contributed by atoms with Gasteiger partial charge in [0.15, 0.2) is 0 Å². The van der Waals surface area contributed by atoms with Crippen molar-refractivity contribution in [1.29, 1.82) is 0 Å². The van der Waals surface area contributed by atoms with Crippen LogP contribution in [0.4, 0.5) is 0 Å². The number of hydrogen-bond acceptors (Lipinski definition) is 2. The van der Waals surface area contributed by atoms with Crippen LogP contribution in [0.5, 0.6) is 0 Å². The van der Waals surface area contributed by atoms with Crippen molar-refractivity contribution < 1.29 is 9.84 Å². The van der Waals surface area contributed by atoms with Gasteiger partial charge in [-0.1, -0.05) is 6.92 Å². The van der Waals surface area contributed by atoms with Crippen LogP contribution in [-0.4, -0.2) is 23.9 Å². The van der Waals surface area contributed by atoms with Gasteiger partial charge in [-0.3, -0.25) is 0 Å².